The lowest BCUT2D eigenvalue weighted by molar-refractivity contribution is -0.122. The highest BCUT2D eigenvalue weighted by molar-refractivity contribution is 8.45. The maximum atomic E-state index is 14.0. The number of fused-ring (bicyclic) bond motifs is 3. The fraction of sp³-hybridized carbons (Fsp3) is 0.600. The first-order chi connectivity index (χ1) is 22.0. The normalized spacial score (nSPS) is 33.0. The molecule has 3 N–H and O–H groups in total. The molecule has 6 aliphatic rings. The number of nitrogens with one attached hydrogen (secondary N) is 3. The molecule has 258 valence electrons. The van der Waals surface area contributed by atoms with E-state index < -0.39 is 50.4 Å². The van der Waals surface area contributed by atoms with Crippen LogP contribution in [0.15, 0.2) is 29.4 Å². The van der Waals surface area contributed by atoms with Crippen LogP contribution in [0.2, 0.25) is 0 Å². The molecule has 1 aliphatic heterocycles. The number of ether oxygens (including phenoxy) is 2. The Morgan fingerprint density at radius 1 is 1.02 bits per heavy atom. The number of amides is 2. The number of methoxy groups -OCH3 is 1. The third kappa shape index (κ3) is 5.98. The third-order valence-corrected chi connectivity index (χ3v) is 11.9. The zero-order valence-corrected chi connectivity index (χ0v) is 26.3. The molecular formula is C30H36F6N6O4S. The molecule has 5 saturated carbocycles. The lowest BCUT2D eigenvalue weighted by atomic mass is 9.76. The number of hydrogen-bond acceptors (Lipinski definition) is 8. The highest BCUT2D eigenvalue weighted by atomic mass is 32.5. The quantitative estimate of drug-likeness (QED) is 0.286. The van der Waals surface area contributed by atoms with Crippen LogP contribution in [-0.2, 0) is 9.53 Å². The van der Waals surface area contributed by atoms with E-state index in [-0.39, 0.29) is 41.0 Å². The zero-order valence-electron chi connectivity index (χ0n) is 25.5. The van der Waals surface area contributed by atoms with Gasteiger partial charge in [-0.3, -0.25) is 14.5 Å². The molecule has 17 heteroatoms. The Hall–Kier alpha value is -3.31. The summed E-state index contributed by atoms with van der Waals surface area (Å²) in [4.78, 5) is 35.7. The van der Waals surface area contributed by atoms with Crippen molar-refractivity contribution in [3.05, 3.63) is 35.9 Å². The molecule has 2 heterocycles. The summed E-state index contributed by atoms with van der Waals surface area (Å²) in [5, 5.41) is 8.73. The highest BCUT2D eigenvalue weighted by Crippen LogP contribution is 3.02. The van der Waals surface area contributed by atoms with Gasteiger partial charge in [-0.25, -0.2) is 14.4 Å². The van der Waals surface area contributed by atoms with Crippen molar-refractivity contribution >= 4 is 33.5 Å². The van der Waals surface area contributed by atoms with Crippen molar-refractivity contribution in [3.63, 3.8) is 0 Å². The first-order valence-electron chi connectivity index (χ1n) is 15.7. The second kappa shape index (κ2) is 10.6. The predicted octanol–water partition coefficient (Wildman–Crippen LogP) is 5.73. The van der Waals surface area contributed by atoms with Gasteiger partial charge in [0.15, 0.2) is 0 Å². The van der Waals surface area contributed by atoms with Gasteiger partial charge in [-0.15, -0.1) is 0 Å². The molecule has 0 spiro atoms. The fourth-order valence-electron chi connectivity index (χ4n) is 8.72. The van der Waals surface area contributed by atoms with E-state index in [1.165, 1.54) is 13.4 Å². The number of anilines is 2. The van der Waals surface area contributed by atoms with E-state index in [0.717, 1.165) is 38.4 Å². The predicted molar refractivity (Wildman–Crippen MR) is 160 cm³/mol. The van der Waals surface area contributed by atoms with E-state index in [2.05, 4.69) is 30.8 Å². The summed E-state index contributed by atoms with van der Waals surface area (Å²) in [5.74, 6) is -3.78. The number of morpholine rings is 1. The Balaban J connectivity index is 1.09. The maximum Gasteiger partial charge on any atom is 0.313 e. The molecule has 2 amide bonds. The Labute approximate surface area is 267 Å². The van der Waals surface area contributed by atoms with Gasteiger partial charge in [0.05, 0.1) is 26.2 Å². The molecule has 47 heavy (non-hydrogen) atoms. The average Bonchev–Trinajstić information content (AvgIpc) is 3.77. The summed E-state index contributed by atoms with van der Waals surface area (Å²) in [7, 11) is -8.99. The number of rotatable bonds is 9. The monoisotopic (exact) mass is 690 g/mol. The van der Waals surface area contributed by atoms with Crippen molar-refractivity contribution in [1.82, 2.24) is 20.2 Å². The minimum atomic E-state index is -10.4. The van der Waals surface area contributed by atoms with Gasteiger partial charge in [0.25, 0.3) is 5.91 Å². The minimum Gasteiger partial charge on any atom is -0.480 e. The number of benzene rings is 1. The number of nitrogens with zero attached hydrogens (tertiary/aromatic N) is 3. The van der Waals surface area contributed by atoms with E-state index in [9.17, 15) is 33.4 Å². The molecule has 1 saturated heterocycles. The second-order valence-corrected chi connectivity index (χ2v) is 15.9. The summed E-state index contributed by atoms with van der Waals surface area (Å²) in [6.07, 6.45) is 5.97. The molecule has 1 aromatic heterocycles. The molecule has 0 radical (unpaired) electrons. The van der Waals surface area contributed by atoms with Crippen LogP contribution in [0, 0.1) is 29.5 Å². The Morgan fingerprint density at radius 2 is 1.74 bits per heavy atom. The molecular weight excluding hydrogens is 654 g/mol. The minimum absolute atomic E-state index is 0.0361. The van der Waals surface area contributed by atoms with Gasteiger partial charge in [0, 0.05) is 36.4 Å². The van der Waals surface area contributed by atoms with Crippen molar-refractivity contribution in [3.8, 4) is 5.88 Å². The van der Waals surface area contributed by atoms with Crippen LogP contribution in [0.1, 0.15) is 48.9 Å². The SMILES string of the molecule is COc1ncnc(NC23CC(C2)[C@H](N2CCOCC2)C3)c1C(=O)N[C@@H]1[C@H]2CC[C@H](C2)[C@@H]1C(=O)Nc1ccc(F)c(S(F)(F)(F)(F)F)c1. The van der Waals surface area contributed by atoms with Crippen LogP contribution in [0.25, 0.3) is 0 Å². The second-order valence-electron chi connectivity index (χ2n) is 13.6. The van der Waals surface area contributed by atoms with E-state index >= 15 is 0 Å². The fourth-order valence-corrected chi connectivity index (χ4v) is 9.50. The molecule has 5 aliphatic carbocycles. The molecule has 6 fully saturated rings. The van der Waals surface area contributed by atoms with E-state index in [1.54, 1.807) is 0 Å². The summed E-state index contributed by atoms with van der Waals surface area (Å²) < 4.78 is 92.0. The number of halogens is 6. The number of carbonyl (C=O) groups is 2. The van der Waals surface area contributed by atoms with Crippen LogP contribution in [0.4, 0.5) is 35.3 Å². The van der Waals surface area contributed by atoms with Gasteiger partial charge in [0.2, 0.25) is 11.8 Å². The molecule has 4 bridgehead atoms. The molecule has 8 rings (SSSR count). The van der Waals surface area contributed by atoms with Gasteiger partial charge in [0.1, 0.15) is 28.4 Å². The number of hydrogen-bond donors (Lipinski definition) is 3. The average molecular weight is 691 g/mol. The van der Waals surface area contributed by atoms with Crippen molar-refractivity contribution < 1.29 is 42.9 Å². The third-order valence-electron chi connectivity index (χ3n) is 10.7. The molecule has 1 aromatic carbocycles. The van der Waals surface area contributed by atoms with Gasteiger partial charge in [-0.05, 0) is 74.5 Å². The first kappa shape index (κ1) is 32.2. The first-order valence-corrected chi connectivity index (χ1v) is 17.6. The molecule has 10 nitrogen and oxygen atoms in total. The highest BCUT2D eigenvalue weighted by Gasteiger charge is 2.67. The van der Waals surface area contributed by atoms with Crippen molar-refractivity contribution in [1.29, 1.82) is 0 Å². The van der Waals surface area contributed by atoms with Crippen LogP contribution in [-0.4, -0.2) is 77.7 Å². The number of aromatic nitrogens is 2. The van der Waals surface area contributed by atoms with Crippen LogP contribution in [0.3, 0.4) is 0 Å². The van der Waals surface area contributed by atoms with Gasteiger partial charge < -0.3 is 25.4 Å². The van der Waals surface area contributed by atoms with Crippen LogP contribution in [0.5, 0.6) is 5.88 Å². The lowest BCUT2D eigenvalue weighted by Gasteiger charge is -2.41. The number of carbonyl (C=O) groups excluding carboxylic acids is 2. The summed E-state index contributed by atoms with van der Waals surface area (Å²) in [6, 6.07) is 0.648. The molecule has 2 aromatic rings. The Kier molecular flexibility index (Phi) is 7.27. The summed E-state index contributed by atoms with van der Waals surface area (Å²) in [5.41, 5.74) is -0.800. The Bertz CT molecular complexity index is 1600. The Morgan fingerprint density at radius 3 is 2.45 bits per heavy atom. The van der Waals surface area contributed by atoms with Crippen LogP contribution >= 0.6 is 10.2 Å². The molecule has 5 atom stereocenters. The van der Waals surface area contributed by atoms with E-state index in [0.29, 0.717) is 50.3 Å². The summed E-state index contributed by atoms with van der Waals surface area (Å²) >= 11 is 0. The largest absolute Gasteiger partial charge is 0.480 e. The van der Waals surface area contributed by atoms with E-state index in [1.807, 2.05) is 0 Å². The zero-order chi connectivity index (χ0) is 33.4. The van der Waals surface area contributed by atoms with Crippen molar-refractivity contribution in [2.75, 3.05) is 44.0 Å². The van der Waals surface area contributed by atoms with E-state index in [4.69, 9.17) is 9.47 Å². The smallest absolute Gasteiger partial charge is 0.313 e. The standard InChI is InChI=1S/C30H36F6N6O4S/c1-45-29-24(26(37-15-38-29)41-30-12-18(13-30)21(14-30)42-6-8-46-9-7-42)28(44)40-25-17-3-2-16(10-17)23(25)27(43)39-19-4-5-20(31)22(11-19)47(32,33,34,35)36/h4-5,11,15-18,21,23,25H,2-3,6-10,12-14H2,1H3,(H,39,43)(H,40,44)(H,37,38,41)/t16-,17+,18?,21-,23+,25-,30?/m1/s1. The maximum absolute atomic E-state index is 14.0. The van der Waals surface area contributed by atoms with Crippen molar-refractivity contribution in [2.45, 2.75) is 61.0 Å². The topological polar surface area (TPSA) is 118 Å². The van der Waals surface area contributed by atoms with Crippen molar-refractivity contribution in [2.24, 2.45) is 23.7 Å². The van der Waals surface area contributed by atoms with Gasteiger partial charge in [-0.2, -0.15) is 0 Å². The van der Waals surface area contributed by atoms with Gasteiger partial charge in [-0.1, -0.05) is 19.4 Å². The molecule has 0 unspecified atom stereocenters. The van der Waals surface area contributed by atoms with Crippen LogP contribution < -0.4 is 20.7 Å². The van der Waals surface area contributed by atoms with Gasteiger partial charge >= 0.3 is 10.2 Å². The summed E-state index contributed by atoms with van der Waals surface area (Å²) in [6.45, 7) is 3.16. The lowest BCUT2D eigenvalue weighted by Crippen LogP contribution is -2.49.